The fourth-order valence-electron chi connectivity index (χ4n) is 4.06. The molecule has 1 aromatic carbocycles. The Morgan fingerprint density at radius 1 is 1.11 bits per heavy atom. The van der Waals surface area contributed by atoms with Crippen molar-refractivity contribution in [1.82, 2.24) is 34.8 Å². The summed E-state index contributed by atoms with van der Waals surface area (Å²) in [6, 6.07) is 13.4. The van der Waals surface area contributed by atoms with Crippen LogP contribution in [0.1, 0.15) is 45.9 Å². The smallest absolute Gasteiger partial charge is 0.266 e. The van der Waals surface area contributed by atoms with Crippen LogP contribution in [0.3, 0.4) is 0 Å². The molecule has 0 saturated carbocycles. The molecule has 0 aliphatic heterocycles. The first-order valence-electron chi connectivity index (χ1n) is 11.9. The highest BCUT2D eigenvalue weighted by atomic mass is 16.4. The van der Waals surface area contributed by atoms with Crippen LogP contribution in [0.2, 0.25) is 0 Å². The first-order valence-corrected chi connectivity index (χ1v) is 11.9. The number of oxazole rings is 1. The number of hydrogen-bond acceptors (Lipinski definition) is 8. The van der Waals surface area contributed by atoms with Crippen LogP contribution in [0.15, 0.2) is 70.0 Å². The molecular weight excluding hydrogens is 470 g/mol. The molecule has 0 fully saturated rings. The molecule has 10 heteroatoms. The zero-order valence-electron chi connectivity index (χ0n) is 21.1. The van der Waals surface area contributed by atoms with Gasteiger partial charge < -0.3 is 13.7 Å². The Morgan fingerprint density at radius 3 is 2.54 bits per heavy atom. The number of aryl methyl sites for hydroxylation is 1. The van der Waals surface area contributed by atoms with E-state index in [9.17, 15) is 4.79 Å². The Morgan fingerprint density at radius 2 is 1.86 bits per heavy atom. The van der Waals surface area contributed by atoms with Gasteiger partial charge in [-0.25, -0.2) is 9.97 Å². The van der Waals surface area contributed by atoms with E-state index in [1.165, 1.54) is 18.0 Å². The molecule has 5 aromatic rings. The molecule has 0 aliphatic rings. The molecule has 0 radical (unpaired) electrons. The molecule has 10 nitrogen and oxygen atoms in total. The molecule has 0 bridgehead atoms. The molecule has 0 unspecified atom stereocenters. The van der Waals surface area contributed by atoms with Gasteiger partial charge in [-0.2, -0.15) is 5.10 Å². The number of hydrogen-bond donors (Lipinski definition) is 0. The zero-order chi connectivity index (χ0) is 25.9. The summed E-state index contributed by atoms with van der Waals surface area (Å²) in [7, 11) is 3.62. The van der Waals surface area contributed by atoms with Crippen LogP contribution in [-0.4, -0.2) is 47.8 Å². The lowest BCUT2D eigenvalue weighted by atomic mass is 10.0. The van der Waals surface area contributed by atoms with Crippen LogP contribution in [0.4, 0.5) is 0 Å². The van der Waals surface area contributed by atoms with Crippen molar-refractivity contribution in [2.45, 2.75) is 32.7 Å². The third kappa shape index (κ3) is 5.18. The van der Waals surface area contributed by atoms with Crippen molar-refractivity contribution in [1.29, 1.82) is 0 Å². The molecule has 5 rings (SSSR count). The van der Waals surface area contributed by atoms with Gasteiger partial charge in [-0.1, -0.05) is 37.3 Å². The normalized spacial score (nSPS) is 12.0. The van der Waals surface area contributed by atoms with Gasteiger partial charge in [-0.3, -0.25) is 9.48 Å². The average molecular weight is 498 g/mol. The van der Waals surface area contributed by atoms with Crippen molar-refractivity contribution in [3.63, 3.8) is 0 Å². The Bertz CT molecular complexity index is 1510. The van der Waals surface area contributed by atoms with E-state index in [2.05, 4.69) is 37.4 Å². The summed E-state index contributed by atoms with van der Waals surface area (Å²) in [4.78, 5) is 23.9. The summed E-state index contributed by atoms with van der Waals surface area (Å²) in [6.07, 6.45) is 5.51. The Labute approximate surface area is 214 Å². The highest BCUT2D eigenvalue weighted by Crippen LogP contribution is 2.27. The van der Waals surface area contributed by atoms with Gasteiger partial charge in [0, 0.05) is 43.4 Å². The van der Waals surface area contributed by atoms with E-state index < -0.39 is 0 Å². The lowest BCUT2D eigenvalue weighted by Gasteiger charge is -2.17. The van der Waals surface area contributed by atoms with Crippen LogP contribution < -0.4 is 0 Å². The summed E-state index contributed by atoms with van der Waals surface area (Å²) in [5.41, 5.74) is 4.32. The molecule has 0 spiro atoms. The summed E-state index contributed by atoms with van der Waals surface area (Å²) in [5.74, 6) is 0.826. The highest BCUT2D eigenvalue weighted by molar-refractivity contribution is 5.95. The van der Waals surface area contributed by atoms with Crippen molar-refractivity contribution in [3.8, 4) is 23.2 Å². The molecular formula is C27H27N7O3. The van der Waals surface area contributed by atoms with E-state index in [-0.39, 0.29) is 17.7 Å². The van der Waals surface area contributed by atoms with Crippen LogP contribution in [0.5, 0.6) is 0 Å². The number of carbonyl (C=O) groups excluding carboxylic acids is 1. The number of pyridine rings is 1. The second-order valence-corrected chi connectivity index (χ2v) is 9.04. The zero-order valence-corrected chi connectivity index (χ0v) is 21.1. The second-order valence-electron chi connectivity index (χ2n) is 9.04. The van der Waals surface area contributed by atoms with Crippen molar-refractivity contribution in [2.24, 2.45) is 7.05 Å². The fraction of sp³-hybridized carbons (Fsp3) is 0.259. The molecule has 1 amide bonds. The fourth-order valence-corrected chi connectivity index (χ4v) is 4.06. The maximum atomic E-state index is 13.4. The molecule has 37 heavy (non-hydrogen) atoms. The van der Waals surface area contributed by atoms with Gasteiger partial charge in [0.05, 0.1) is 12.4 Å². The van der Waals surface area contributed by atoms with Crippen LogP contribution >= 0.6 is 0 Å². The quantitative estimate of drug-likeness (QED) is 0.309. The van der Waals surface area contributed by atoms with Gasteiger partial charge in [-0.15, -0.1) is 10.2 Å². The first kappa shape index (κ1) is 24.1. The predicted molar refractivity (Wildman–Crippen MR) is 135 cm³/mol. The van der Waals surface area contributed by atoms with Crippen LogP contribution in [0.25, 0.3) is 23.2 Å². The monoisotopic (exact) mass is 497 g/mol. The minimum absolute atomic E-state index is 0.00790. The van der Waals surface area contributed by atoms with E-state index in [1.54, 1.807) is 35.0 Å². The lowest BCUT2D eigenvalue weighted by Crippen LogP contribution is -2.26. The number of nitrogens with zero attached hydrogens (tertiary/aromatic N) is 7. The Kier molecular flexibility index (Phi) is 6.63. The molecule has 0 N–H and O–H groups in total. The maximum Gasteiger partial charge on any atom is 0.266 e. The van der Waals surface area contributed by atoms with Gasteiger partial charge in [0.15, 0.2) is 0 Å². The van der Waals surface area contributed by atoms with Crippen LogP contribution in [-0.2, 0) is 20.0 Å². The number of aromatic nitrogens is 6. The molecule has 188 valence electrons. The Balaban J connectivity index is 1.44. The van der Waals surface area contributed by atoms with E-state index in [4.69, 9.17) is 8.83 Å². The first-order chi connectivity index (χ1) is 17.9. The summed E-state index contributed by atoms with van der Waals surface area (Å²) in [5, 5.41) is 12.8. The molecule has 1 atom stereocenters. The second kappa shape index (κ2) is 10.2. The van der Waals surface area contributed by atoms with E-state index in [0.29, 0.717) is 35.3 Å². The third-order valence-electron chi connectivity index (χ3n) is 6.28. The largest absolute Gasteiger partial charge is 0.443 e. The molecule has 4 heterocycles. The van der Waals surface area contributed by atoms with Crippen LogP contribution in [0, 0.1) is 6.92 Å². The van der Waals surface area contributed by atoms with Crippen molar-refractivity contribution in [2.75, 3.05) is 7.05 Å². The van der Waals surface area contributed by atoms with E-state index in [1.807, 2.05) is 39.1 Å². The van der Waals surface area contributed by atoms with Gasteiger partial charge in [0.25, 0.3) is 11.8 Å². The van der Waals surface area contributed by atoms with Crippen molar-refractivity contribution >= 4 is 5.91 Å². The minimum Gasteiger partial charge on any atom is -0.443 e. The topological polar surface area (TPSA) is 116 Å². The highest BCUT2D eigenvalue weighted by Gasteiger charge is 2.22. The number of carbonyl (C=O) groups is 1. The lowest BCUT2D eigenvalue weighted by molar-refractivity contribution is 0.0785. The van der Waals surface area contributed by atoms with Gasteiger partial charge >= 0.3 is 0 Å². The maximum absolute atomic E-state index is 13.4. The summed E-state index contributed by atoms with van der Waals surface area (Å²) < 4.78 is 13.2. The van der Waals surface area contributed by atoms with Gasteiger partial charge in [0.2, 0.25) is 11.8 Å². The Hall–Kier alpha value is -4.60. The van der Waals surface area contributed by atoms with E-state index >= 15 is 0 Å². The van der Waals surface area contributed by atoms with E-state index in [0.717, 1.165) is 17.7 Å². The molecule has 0 saturated heterocycles. The van der Waals surface area contributed by atoms with Crippen molar-refractivity contribution in [3.05, 3.63) is 89.4 Å². The third-order valence-corrected chi connectivity index (χ3v) is 6.28. The summed E-state index contributed by atoms with van der Waals surface area (Å²) in [6.45, 7) is 4.41. The predicted octanol–water partition coefficient (Wildman–Crippen LogP) is 4.45. The number of amides is 1. The standard InChI is InChI=1S/C27H27N7O3/c1-17(12-19-8-6-5-7-9-19)24-31-32-26(37-24)23-14-20(13-22(30-23)25-28-10-11-36-25)27(35)33(3)16-21-15-29-34(4)18(21)2/h5-11,13-15,17H,12,16H2,1-4H3/t17-/m0/s1. The average Bonchev–Trinajstić information content (AvgIpc) is 3.68. The number of rotatable bonds is 8. The minimum atomic E-state index is -0.197. The summed E-state index contributed by atoms with van der Waals surface area (Å²) >= 11 is 0. The molecule has 0 aliphatic carbocycles. The molecule has 4 aromatic heterocycles. The van der Waals surface area contributed by atoms with Gasteiger partial charge in [0.1, 0.15) is 17.7 Å². The SMILES string of the molecule is Cc1c(CN(C)C(=O)c2cc(-c3ncco3)nc(-c3nnc([C@@H](C)Cc4ccccc4)o3)c2)cnn1C. The number of benzene rings is 1. The van der Waals surface area contributed by atoms with Gasteiger partial charge in [-0.05, 0) is 31.0 Å². The van der Waals surface area contributed by atoms with Crippen molar-refractivity contribution < 1.29 is 13.6 Å².